The van der Waals surface area contributed by atoms with Crippen molar-refractivity contribution < 1.29 is 31.9 Å². The number of hydrogen-bond donors (Lipinski definition) is 1. The molecule has 13 heteroatoms. The average Bonchev–Trinajstić information content (AvgIpc) is 3.62. The molecule has 0 bridgehead atoms. The zero-order valence-electron chi connectivity index (χ0n) is 23.0. The number of halogens is 3. The number of fused-ring (bicyclic) bond motifs is 3. The normalized spacial score (nSPS) is 15.2. The van der Waals surface area contributed by atoms with Gasteiger partial charge in [-0.15, -0.1) is 24.5 Å². The molecule has 1 fully saturated rings. The fraction of sp³-hybridized carbons (Fsp3) is 0.345. The van der Waals surface area contributed by atoms with E-state index in [0.717, 1.165) is 53.4 Å². The summed E-state index contributed by atoms with van der Waals surface area (Å²) in [5.74, 6) is -0.132. The van der Waals surface area contributed by atoms with Crippen LogP contribution < -0.4 is 15.0 Å². The van der Waals surface area contributed by atoms with Gasteiger partial charge in [0.15, 0.2) is 5.75 Å². The van der Waals surface area contributed by atoms with Crippen molar-refractivity contribution in [3.63, 3.8) is 0 Å². The molecule has 1 N–H and O–H groups in total. The first kappa shape index (κ1) is 28.0. The lowest BCUT2D eigenvalue weighted by atomic mass is 9.89. The van der Waals surface area contributed by atoms with E-state index in [1.807, 2.05) is 7.05 Å². The molecule has 42 heavy (non-hydrogen) atoms. The first-order valence-electron chi connectivity index (χ1n) is 13.5. The number of carbonyl (C=O) groups excluding carboxylic acids is 1. The highest BCUT2D eigenvalue weighted by Crippen LogP contribution is 2.47. The maximum atomic E-state index is 13.3. The molecule has 3 aromatic heterocycles. The number of carbonyl (C=O) groups is 1. The summed E-state index contributed by atoms with van der Waals surface area (Å²) in [6.45, 7) is 5.15. The number of anilines is 3. The number of thiophene rings is 1. The average molecular weight is 600 g/mol. The van der Waals surface area contributed by atoms with Gasteiger partial charge in [-0.1, -0.05) is 0 Å². The molecule has 1 saturated heterocycles. The van der Waals surface area contributed by atoms with Crippen LogP contribution in [0.4, 0.5) is 30.5 Å². The number of nitrogens with zero attached hydrogens (tertiary/aromatic N) is 4. The Bertz CT molecular complexity index is 1600. The van der Waals surface area contributed by atoms with E-state index >= 15 is 0 Å². The van der Waals surface area contributed by atoms with Gasteiger partial charge in [0.05, 0.1) is 29.1 Å². The highest BCUT2D eigenvalue weighted by atomic mass is 32.1. The monoisotopic (exact) mass is 599 g/mol. The number of nitrogens with one attached hydrogen (secondary N) is 1. The zero-order valence-corrected chi connectivity index (χ0v) is 23.8. The third-order valence-electron chi connectivity index (χ3n) is 7.26. The van der Waals surface area contributed by atoms with Crippen LogP contribution in [0.2, 0.25) is 0 Å². The van der Waals surface area contributed by atoms with Crippen molar-refractivity contribution in [3.8, 4) is 27.6 Å². The fourth-order valence-electron chi connectivity index (χ4n) is 5.23. The summed E-state index contributed by atoms with van der Waals surface area (Å²) in [6, 6.07) is 8.12. The second kappa shape index (κ2) is 11.3. The molecule has 0 spiro atoms. The van der Waals surface area contributed by atoms with Gasteiger partial charge in [0, 0.05) is 43.6 Å². The molecule has 4 aromatic rings. The predicted molar refractivity (Wildman–Crippen MR) is 153 cm³/mol. The third-order valence-corrected chi connectivity index (χ3v) is 8.49. The molecule has 4 heterocycles. The van der Waals surface area contributed by atoms with E-state index in [2.05, 4.69) is 24.8 Å². The van der Waals surface area contributed by atoms with Crippen molar-refractivity contribution in [2.45, 2.75) is 26.1 Å². The third kappa shape index (κ3) is 5.66. The summed E-state index contributed by atoms with van der Waals surface area (Å²) in [5.41, 5.74) is 3.83. The summed E-state index contributed by atoms with van der Waals surface area (Å²) in [7, 11) is 2.03. The lowest BCUT2D eigenvalue weighted by molar-refractivity contribution is -0.274. The van der Waals surface area contributed by atoms with Crippen LogP contribution in [0.5, 0.6) is 5.75 Å². The van der Waals surface area contributed by atoms with E-state index in [-0.39, 0.29) is 18.2 Å². The van der Waals surface area contributed by atoms with Crippen LogP contribution in [0.3, 0.4) is 0 Å². The summed E-state index contributed by atoms with van der Waals surface area (Å²) < 4.78 is 55.3. The minimum atomic E-state index is -4.88. The summed E-state index contributed by atoms with van der Waals surface area (Å²) >= 11 is 1.28. The van der Waals surface area contributed by atoms with Crippen molar-refractivity contribution in [1.29, 1.82) is 0 Å². The van der Waals surface area contributed by atoms with E-state index < -0.39 is 18.1 Å². The summed E-state index contributed by atoms with van der Waals surface area (Å²) in [6.07, 6.45) is -0.492. The van der Waals surface area contributed by atoms with Gasteiger partial charge in [-0.2, -0.15) is 0 Å². The van der Waals surface area contributed by atoms with E-state index in [1.165, 1.54) is 17.4 Å². The minimum Gasteiger partial charge on any atom is -0.463 e. The SMILES string of the molecule is CCOC(=O)c1sc(-c2ccco2)c2c1CCc1cnc(Nc3cc(N4CCN(C)CC4)ccc3OC(F)(F)F)nc1-2. The van der Waals surface area contributed by atoms with Crippen molar-refractivity contribution in [3.05, 3.63) is 58.8 Å². The summed E-state index contributed by atoms with van der Waals surface area (Å²) in [4.78, 5) is 27.6. The van der Waals surface area contributed by atoms with Gasteiger partial charge in [-0.3, -0.25) is 0 Å². The Morgan fingerprint density at radius 3 is 2.69 bits per heavy atom. The molecule has 0 amide bonds. The first-order chi connectivity index (χ1) is 20.2. The van der Waals surface area contributed by atoms with Gasteiger partial charge in [-0.05, 0) is 68.3 Å². The van der Waals surface area contributed by atoms with Gasteiger partial charge in [0.1, 0.15) is 10.6 Å². The Labute approximate surface area is 243 Å². The van der Waals surface area contributed by atoms with Crippen LogP contribution in [0.15, 0.2) is 47.2 Å². The van der Waals surface area contributed by atoms with Crippen LogP contribution in [0, 0.1) is 0 Å². The van der Waals surface area contributed by atoms with Gasteiger partial charge >= 0.3 is 12.3 Å². The molecule has 220 valence electrons. The van der Waals surface area contributed by atoms with Crippen molar-refractivity contribution in [2.75, 3.05) is 50.1 Å². The van der Waals surface area contributed by atoms with E-state index in [0.29, 0.717) is 29.2 Å². The number of rotatable bonds is 7. The van der Waals surface area contributed by atoms with Crippen molar-refractivity contribution in [2.24, 2.45) is 0 Å². The molecule has 1 aliphatic heterocycles. The van der Waals surface area contributed by atoms with E-state index in [4.69, 9.17) is 14.1 Å². The van der Waals surface area contributed by atoms with Gasteiger partial charge in [-0.25, -0.2) is 14.8 Å². The molecular weight excluding hydrogens is 571 g/mol. The number of alkyl halides is 3. The Hall–Kier alpha value is -4.10. The van der Waals surface area contributed by atoms with Gasteiger partial charge in [0.25, 0.3) is 0 Å². The quantitative estimate of drug-likeness (QED) is 0.252. The topological polar surface area (TPSA) is 93.0 Å². The largest absolute Gasteiger partial charge is 0.573 e. The lowest BCUT2D eigenvalue weighted by Gasteiger charge is -2.34. The first-order valence-corrected chi connectivity index (χ1v) is 14.3. The van der Waals surface area contributed by atoms with Crippen LogP contribution in [0.25, 0.3) is 21.9 Å². The minimum absolute atomic E-state index is 0.0866. The highest BCUT2D eigenvalue weighted by Gasteiger charge is 2.34. The number of aryl methyl sites for hydroxylation is 1. The number of furan rings is 1. The smallest absolute Gasteiger partial charge is 0.463 e. The fourth-order valence-corrected chi connectivity index (χ4v) is 6.45. The zero-order chi connectivity index (χ0) is 29.4. The molecular formula is C29H28F3N5O4S. The van der Waals surface area contributed by atoms with E-state index in [1.54, 1.807) is 43.6 Å². The molecule has 0 unspecified atom stereocenters. The molecule has 0 radical (unpaired) electrons. The Balaban J connectivity index is 1.40. The standard InChI is InChI=1S/C29H28F3N5O4S/c1-3-39-27(38)25-19-8-6-17-16-33-28(35-24(17)23(19)26(42-25)22-5-4-14-40-22)34-20-15-18(37-12-10-36(2)11-13-37)7-9-21(20)41-29(30,31)32/h4-5,7,9,14-16H,3,6,8,10-13H2,1-2H3,(H,33,34,35). The molecule has 0 atom stereocenters. The molecule has 2 aliphatic rings. The number of aromatic nitrogens is 2. The van der Waals surface area contributed by atoms with Crippen LogP contribution >= 0.6 is 11.3 Å². The number of hydrogen-bond acceptors (Lipinski definition) is 10. The molecule has 1 aliphatic carbocycles. The van der Waals surface area contributed by atoms with Gasteiger partial charge in [0.2, 0.25) is 5.95 Å². The molecule has 9 nitrogen and oxygen atoms in total. The summed E-state index contributed by atoms with van der Waals surface area (Å²) in [5, 5.41) is 2.97. The lowest BCUT2D eigenvalue weighted by Crippen LogP contribution is -2.44. The van der Waals surface area contributed by atoms with Crippen LogP contribution in [-0.4, -0.2) is 67.0 Å². The Morgan fingerprint density at radius 1 is 1.17 bits per heavy atom. The Kier molecular flexibility index (Phi) is 7.54. The molecule has 0 saturated carbocycles. The van der Waals surface area contributed by atoms with E-state index in [9.17, 15) is 18.0 Å². The van der Waals surface area contributed by atoms with Crippen LogP contribution in [0.1, 0.15) is 27.7 Å². The maximum Gasteiger partial charge on any atom is 0.573 e. The maximum absolute atomic E-state index is 13.3. The molecule has 6 rings (SSSR count). The number of likely N-dealkylation sites (N-methyl/N-ethyl adjacent to an activating group) is 1. The van der Waals surface area contributed by atoms with Crippen molar-refractivity contribution >= 4 is 34.6 Å². The second-order valence-corrected chi connectivity index (χ2v) is 11.0. The highest BCUT2D eigenvalue weighted by molar-refractivity contribution is 7.18. The number of benzene rings is 1. The number of esters is 1. The number of piperazine rings is 1. The second-order valence-electron chi connectivity index (χ2n) is 10.0. The van der Waals surface area contributed by atoms with Crippen molar-refractivity contribution in [1.82, 2.24) is 14.9 Å². The Morgan fingerprint density at radius 2 is 1.98 bits per heavy atom. The predicted octanol–water partition coefficient (Wildman–Crippen LogP) is 6.13. The number of ether oxygens (including phenoxy) is 2. The van der Waals surface area contributed by atoms with Gasteiger partial charge < -0.3 is 29.0 Å². The molecule has 1 aromatic carbocycles. The van der Waals surface area contributed by atoms with Crippen LogP contribution in [-0.2, 0) is 17.6 Å².